The number of aromatic nitrogens is 1. The van der Waals surface area contributed by atoms with Crippen LogP contribution in [0, 0.1) is 0 Å². The summed E-state index contributed by atoms with van der Waals surface area (Å²) in [5.41, 5.74) is 7.85. The van der Waals surface area contributed by atoms with Gasteiger partial charge in [-0.3, -0.25) is 0 Å². The lowest BCUT2D eigenvalue weighted by Gasteiger charge is -2.26. The maximum atomic E-state index is 3.86. The van der Waals surface area contributed by atoms with Crippen molar-refractivity contribution in [2.75, 3.05) is 5.32 Å². The van der Waals surface area contributed by atoms with E-state index in [1.165, 1.54) is 65.7 Å². The van der Waals surface area contributed by atoms with Gasteiger partial charge in [-0.25, -0.2) is 0 Å². The standard InChI is InChI=1S/C30H20N2/c1-2-8-18-16-26-24(15-17(18)7-1)27-21-11-4-3-9-19(21)22-13-14-23-20-10-5-6-12-25(20)31-29(23)28(22)30(27)32-26/h1-16,23,29,31-32H. The van der Waals surface area contributed by atoms with Crippen LogP contribution in [-0.4, -0.2) is 4.98 Å². The van der Waals surface area contributed by atoms with Gasteiger partial charge in [0.1, 0.15) is 0 Å². The fourth-order valence-electron chi connectivity index (χ4n) is 6.10. The number of benzene rings is 5. The average Bonchev–Trinajstić information content (AvgIpc) is 3.40. The molecule has 0 amide bonds. The summed E-state index contributed by atoms with van der Waals surface area (Å²) >= 11 is 0. The second kappa shape index (κ2) is 5.80. The number of fused-ring (bicyclic) bond motifs is 13. The Morgan fingerprint density at radius 3 is 2.34 bits per heavy atom. The topological polar surface area (TPSA) is 27.8 Å². The molecule has 0 radical (unpaired) electrons. The third-order valence-electron chi connectivity index (χ3n) is 7.48. The first-order valence-corrected chi connectivity index (χ1v) is 11.3. The Hall–Kier alpha value is -4.04. The molecule has 2 atom stereocenters. The number of para-hydroxylation sites is 1. The van der Waals surface area contributed by atoms with Gasteiger partial charge in [-0.1, -0.05) is 78.9 Å². The van der Waals surface area contributed by atoms with Gasteiger partial charge >= 0.3 is 0 Å². The molecule has 150 valence electrons. The van der Waals surface area contributed by atoms with Crippen LogP contribution in [0.3, 0.4) is 0 Å². The second-order valence-electron chi connectivity index (χ2n) is 9.09. The van der Waals surface area contributed by atoms with Crippen molar-refractivity contribution in [2.45, 2.75) is 12.0 Å². The zero-order valence-corrected chi connectivity index (χ0v) is 17.4. The highest BCUT2D eigenvalue weighted by Crippen LogP contribution is 2.52. The van der Waals surface area contributed by atoms with Gasteiger partial charge in [0.05, 0.1) is 11.6 Å². The predicted octanol–water partition coefficient (Wildman–Crippen LogP) is 7.90. The first-order valence-electron chi connectivity index (χ1n) is 11.3. The van der Waals surface area contributed by atoms with E-state index in [1.54, 1.807) is 0 Å². The molecule has 0 saturated carbocycles. The Morgan fingerprint density at radius 1 is 0.688 bits per heavy atom. The van der Waals surface area contributed by atoms with E-state index in [1.807, 2.05) is 0 Å². The Morgan fingerprint density at radius 2 is 1.44 bits per heavy atom. The minimum Gasteiger partial charge on any atom is -0.377 e. The van der Waals surface area contributed by atoms with Gasteiger partial charge in [0.2, 0.25) is 0 Å². The van der Waals surface area contributed by atoms with Gasteiger partial charge in [0.25, 0.3) is 0 Å². The lowest BCUT2D eigenvalue weighted by molar-refractivity contribution is 0.732. The van der Waals surface area contributed by atoms with Gasteiger partial charge in [-0.05, 0) is 50.9 Å². The van der Waals surface area contributed by atoms with E-state index in [0.29, 0.717) is 5.92 Å². The molecule has 32 heavy (non-hydrogen) atoms. The number of rotatable bonds is 0. The molecule has 2 heteroatoms. The lowest BCUT2D eigenvalue weighted by Crippen LogP contribution is -2.15. The molecule has 2 N–H and O–H groups in total. The van der Waals surface area contributed by atoms with Gasteiger partial charge < -0.3 is 10.3 Å². The van der Waals surface area contributed by atoms with Crippen molar-refractivity contribution in [1.29, 1.82) is 0 Å². The molecular weight excluding hydrogens is 388 g/mol. The van der Waals surface area contributed by atoms with E-state index in [0.717, 1.165) is 0 Å². The second-order valence-corrected chi connectivity index (χ2v) is 9.09. The highest BCUT2D eigenvalue weighted by molar-refractivity contribution is 6.25. The van der Waals surface area contributed by atoms with Crippen molar-refractivity contribution in [1.82, 2.24) is 4.98 Å². The van der Waals surface area contributed by atoms with Gasteiger partial charge in [-0.15, -0.1) is 0 Å². The summed E-state index contributed by atoms with van der Waals surface area (Å²) in [6.45, 7) is 0. The molecule has 1 aliphatic carbocycles. The third kappa shape index (κ3) is 2.00. The number of hydrogen-bond donors (Lipinski definition) is 2. The number of H-pyrrole nitrogens is 1. The molecule has 2 heterocycles. The number of aromatic amines is 1. The van der Waals surface area contributed by atoms with Crippen LogP contribution in [0.5, 0.6) is 0 Å². The van der Waals surface area contributed by atoms with Gasteiger partial charge in [0, 0.05) is 33.5 Å². The van der Waals surface area contributed by atoms with Crippen molar-refractivity contribution in [3.8, 4) is 0 Å². The minimum atomic E-state index is 0.238. The largest absolute Gasteiger partial charge is 0.377 e. The van der Waals surface area contributed by atoms with Crippen LogP contribution in [0.2, 0.25) is 0 Å². The average molecular weight is 409 g/mol. The van der Waals surface area contributed by atoms with E-state index in [-0.39, 0.29) is 6.04 Å². The number of hydrogen-bond acceptors (Lipinski definition) is 1. The molecule has 0 fully saturated rings. The molecule has 0 saturated heterocycles. The summed E-state index contributed by atoms with van der Waals surface area (Å²) < 4.78 is 0. The van der Waals surface area contributed by atoms with Crippen molar-refractivity contribution in [2.24, 2.45) is 0 Å². The molecule has 2 unspecified atom stereocenters. The number of anilines is 1. The predicted molar refractivity (Wildman–Crippen MR) is 135 cm³/mol. The van der Waals surface area contributed by atoms with Crippen LogP contribution in [0.15, 0.2) is 91.0 Å². The SMILES string of the molecule is C1=CC2c3ccccc3NC2c2c1c1ccccc1c1c2[nH]c2cc3ccccc3cc21. The summed E-state index contributed by atoms with van der Waals surface area (Å²) in [4.78, 5) is 3.86. The highest BCUT2D eigenvalue weighted by atomic mass is 15.0. The van der Waals surface area contributed by atoms with Crippen LogP contribution in [0.1, 0.15) is 28.7 Å². The maximum absolute atomic E-state index is 3.86. The molecule has 2 aliphatic rings. The molecule has 5 aromatic carbocycles. The minimum absolute atomic E-state index is 0.238. The zero-order chi connectivity index (χ0) is 20.8. The van der Waals surface area contributed by atoms with E-state index in [9.17, 15) is 0 Å². The Bertz CT molecular complexity index is 1770. The van der Waals surface area contributed by atoms with E-state index >= 15 is 0 Å². The molecule has 1 aliphatic heterocycles. The monoisotopic (exact) mass is 408 g/mol. The summed E-state index contributed by atoms with van der Waals surface area (Å²) in [6, 6.07) is 31.2. The summed E-state index contributed by atoms with van der Waals surface area (Å²) in [6.07, 6.45) is 4.74. The summed E-state index contributed by atoms with van der Waals surface area (Å²) in [5, 5.41) is 11.7. The van der Waals surface area contributed by atoms with E-state index in [4.69, 9.17) is 0 Å². The van der Waals surface area contributed by atoms with Crippen LogP contribution in [-0.2, 0) is 0 Å². The normalized spacial score (nSPS) is 18.8. The number of nitrogens with one attached hydrogen (secondary N) is 2. The quantitative estimate of drug-likeness (QED) is 0.263. The molecule has 2 nitrogen and oxygen atoms in total. The van der Waals surface area contributed by atoms with E-state index < -0.39 is 0 Å². The van der Waals surface area contributed by atoms with Crippen molar-refractivity contribution >= 4 is 55.1 Å². The fourth-order valence-corrected chi connectivity index (χ4v) is 6.10. The fraction of sp³-hybridized carbons (Fsp3) is 0.0667. The van der Waals surface area contributed by atoms with Crippen molar-refractivity contribution in [3.63, 3.8) is 0 Å². The van der Waals surface area contributed by atoms with Crippen LogP contribution >= 0.6 is 0 Å². The molecule has 6 aromatic rings. The third-order valence-corrected chi connectivity index (χ3v) is 7.48. The van der Waals surface area contributed by atoms with Crippen molar-refractivity contribution < 1.29 is 0 Å². The molecular formula is C30H20N2. The molecule has 8 rings (SSSR count). The van der Waals surface area contributed by atoms with Crippen LogP contribution in [0.4, 0.5) is 5.69 Å². The first kappa shape index (κ1) is 16.6. The summed E-state index contributed by atoms with van der Waals surface area (Å²) in [5.74, 6) is 0.355. The first-order chi connectivity index (χ1) is 15.9. The van der Waals surface area contributed by atoms with Crippen molar-refractivity contribution in [3.05, 3.63) is 108 Å². The summed E-state index contributed by atoms with van der Waals surface area (Å²) in [7, 11) is 0. The molecule has 0 bridgehead atoms. The van der Waals surface area contributed by atoms with E-state index in [2.05, 4.69) is 107 Å². The lowest BCUT2D eigenvalue weighted by atomic mass is 9.80. The zero-order valence-electron chi connectivity index (χ0n) is 17.4. The Balaban J connectivity index is 1.55. The Kier molecular flexibility index (Phi) is 3.01. The maximum Gasteiger partial charge on any atom is 0.0644 e. The molecule has 0 spiro atoms. The highest BCUT2D eigenvalue weighted by Gasteiger charge is 2.37. The van der Waals surface area contributed by atoms with Crippen LogP contribution < -0.4 is 5.32 Å². The molecule has 1 aromatic heterocycles. The van der Waals surface area contributed by atoms with Gasteiger partial charge in [-0.2, -0.15) is 0 Å². The van der Waals surface area contributed by atoms with Crippen LogP contribution in [0.25, 0.3) is 49.4 Å². The Labute approximate surface area is 185 Å². The smallest absolute Gasteiger partial charge is 0.0644 e. The van der Waals surface area contributed by atoms with Gasteiger partial charge in [0.15, 0.2) is 0 Å².